The molecule has 6 nitrogen and oxygen atoms in total. The molecule has 3 heterocycles. The molecule has 3 aliphatic rings. The van der Waals surface area contributed by atoms with Gasteiger partial charge in [0.15, 0.2) is 5.41 Å². The highest BCUT2D eigenvalue weighted by atomic mass is 16.2. The molecule has 0 unspecified atom stereocenters. The van der Waals surface area contributed by atoms with E-state index in [1.165, 1.54) is 7.05 Å². The number of rotatable bonds is 0. The lowest BCUT2D eigenvalue weighted by molar-refractivity contribution is -0.154. The lowest BCUT2D eigenvalue weighted by atomic mass is 9.62. The largest absolute Gasteiger partial charge is 0.366 e. The number of nitrogens with one attached hydrogen (secondary N) is 1. The fraction of sp³-hybridized carbons (Fsp3) is 0.526. The second-order valence-corrected chi connectivity index (χ2v) is 7.82. The van der Waals surface area contributed by atoms with Crippen molar-refractivity contribution in [1.29, 1.82) is 0 Å². The number of anilines is 1. The summed E-state index contributed by atoms with van der Waals surface area (Å²) >= 11 is 0. The summed E-state index contributed by atoms with van der Waals surface area (Å²) in [6.07, 6.45) is 1.30. The number of amides is 4. The topological polar surface area (TPSA) is 69.7 Å². The maximum absolute atomic E-state index is 13.2. The Bertz CT molecular complexity index is 777. The zero-order valence-electron chi connectivity index (χ0n) is 14.8. The van der Waals surface area contributed by atoms with Crippen LogP contribution in [0, 0.1) is 17.3 Å². The molecule has 0 bridgehead atoms. The third kappa shape index (κ3) is 2.06. The lowest BCUT2D eigenvalue weighted by Gasteiger charge is -2.56. The Hall–Kier alpha value is -2.37. The molecule has 2 fully saturated rings. The van der Waals surface area contributed by atoms with Crippen molar-refractivity contribution in [2.45, 2.75) is 32.7 Å². The summed E-state index contributed by atoms with van der Waals surface area (Å²) in [5.74, 6) is -0.178. The van der Waals surface area contributed by atoms with Crippen LogP contribution in [0.3, 0.4) is 0 Å². The van der Waals surface area contributed by atoms with E-state index in [0.717, 1.165) is 29.1 Å². The van der Waals surface area contributed by atoms with Crippen molar-refractivity contribution in [3.05, 3.63) is 29.8 Å². The minimum Gasteiger partial charge on any atom is -0.366 e. The Morgan fingerprint density at radius 2 is 1.88 bits per heavy atom. The Balaban J connectivity index is 1.92. The summed E-state index contributed by atoms with van der Waals surface area (Å²) in [5, 5.41) is 2.42. The van der Waals surface area contributed by atoms with E-state index in [4.69, 9.17) is 0 Å². The number of urea groups is 1. The summed E-state index contributed by atoms with van der Waals surface area (Å²) in [5.41, 5.74) is 0.860. The second-order valence-electron chi connectivity index (χ2n) is 7.82. The molecule has 2 saturated heterocycles. The van der Waals surface area contributed by atoms with Gasteiger partial charge in [0, 0.05) is 19.3 Å². The van der Waals surface area contributed by atoms with Gasteiger partial charge in [-0.25, -0.2) is 4.79 Å². The number of carbonyl (C=O) groups excluding carboxylic acids is 3. The molecule has 0 radical (unpaired) electrons. The van der Waals surface area contributed by atoms with Crippen molar-refractivity contribution in [2.24, 2.45) is 17.3 Å². The highest BCUT2D eigenvalue weighted by Gasteiger charge is 2.63. The Morgan fingerprint density at radius 3 is 2.64 bits per heavy atom. The van der Waals surface area contributed by atoms with Gasteiger partial charge in [0.2, 0.25) is 11.8 Å². The van der Waals surface area contributed by atoms with Crippen LogP contribution in [0.2, 0.25) is 0 Å². The van der Waals surface area contributed by atoms with Gasteiger partial charge in [0.1, 0.15) is 0 Å². The fourth-order valence-corrected chi connectivity index (χ4v) is 5.14. The van der Waals surface area contributed by atoms with Gasteiger partial charge >= 0.3 is 6.03 Å². The van der Waals surface area contributed by atoms with Crippen LogP contribution in [0.1, 0.15) is 25.8 Å². The first-order valence-electron chi connectivity index (χ1n) is 8.84. The van der Waals surface area contributed by atoms with Crippen molar-refractivity contribution in [3.63, 3.8) is 0 Å². The Kier molecular flexibility index (Phi) is 3.42. The average Bonchev–Trinajstić information content (AvgIpc) is 2.57. The van der Waals surface area contributed by atoms with Crippen molar-refractivity contribution in [3.8, 4) is 0 Å². The molecule has 4 rings (SSSR count). The van der Waals surface area contributed by atoms with E-state index in [9.17, 15) is 14.4 Å². The number of hydrogen-bond donors (Lipinski definition) is 1. The predicted molar refractivity (Wildman–Crippen MR) is 93.0 cm³/mol. The molecule has 4 atom stereocenters. The van der Waals surface area contributed by atoms with Crippen LogP contribution in [0.4, 0.5) is 10.5 Å². The van der Waals surface area contributed by atoms with Crippen molar-refractivity contribution < 1.29 is 14.4 Å². The quantitative estimate of drug-likeness (QED) is 0.731. The minimum atomic E-state index is -1.24. The van der Waals surface area contributed by atoms with Crippen LogP contribution in [0.5, 0.6) is 0 Å². The van der Waals surface area contributed by atoms with Crippen molar-refractivity contribution in [2.75, 3.05) is 18.5 Å². The molecule has 1 aromatic carbocycles. The molecule has 4 amide bonds. The average molecular weight is 341 g/mol. The van der Waals surface area contributed by atoms with Gasteiger partial charge in [-0.1, -0.05) is 32.0 Å². The summed E-state index contributed by atoms with van der Waals surface area (Å²) < 4.78 is 0. The monoisotopic (exact) mass is 341 g/mol. The van der Waals surface area contributed by atoms with E-state index in [1.807, 2.05) is 18.2 Å². The van der Waals surface area contributed by atoms with E-state index in [1.54, 1.807) is 0 Å². The number of benzene rings is 1. The van der Waals surface area contributed by atoms with Gasteiger partial charge in [0.25, 0.3) is 0 Å². The normalized spacial score (nSPS) is 34.7. The van der Waals surface area contributed by atoms with Gasteiger partial charge in [-0.3, -0.25) is 19.8 Å². The molecule has 3 aliphatic heterocycles. The maximum Gasteiger partial charge on any atom is 0.330 e. The van der Waals surface area contributed by atoms with Crippen LogP contribution in [0.15, 0.2) is 24.3 Å². The number of fused-ring (bicyclic) bond motifs is 4. The minimum absolute atomic E-state index is 0.174. The number of para-hydroxylation sites is 1. The van der Waals surface area contributed by atoms with Crippen molar-refractivity contribution in [1.82, 2.24) is 10.2 Å². The summed E-state index contributed by atoms with van der Waals surface area (Å²) in [7, 11) is 1.45. The first kappa shape index (κ1) is 16.1. The molecular formula is C19H23N3O3. The van der Waals surface area contributed by atoms with E-state index in [2.05, 4.69) is 30.1 Å². The molecule has 132 valence electrons. The smallest absolute Gasteiger partial charge is 0.330 e. The first-order valence-corrected chi connectivity index (χ1v) is 8.84. The Labute approximate surface area is 147 Å². The number of barbiturate groups is 1. The number of piperidine rings is 1. The van der Waals surface area contributed by atoms with Crippen LogP contribution in [-0.4, -0.2) is 42.4 Å². The highest BCUT2D eigenvalue weighted by molar-refractivity contribution is 6.20. The van der Waals surface area contributed by atoms with Gasteiger partial charge < -0.3 is 4.90 Å². The number of imide groups is 2. The third-order valence-corrected chi connectivity index (χ3v) is 6.05. The summed E-state index contributed by atoms with van der Waals surface area (Å²) in [4.78, 5) is 41.5. The van der Waals surface area contributed by atoms with E-state index in [0.29, 0.717) is 12.3 Å². The van der Waals surface area contributed by atoms with Crippen molar-refractivity contribution >= 4 is 23.5 Å². The van der Waals surface area contributed by atoms with E-state index in [-0.39, 0.29) is 17.9 Å². The van der Waals surface area contributed by atoms with Gasteiger partial charge in [-0.15, -0.1) is 0 Å². The van der Waals surface area contributed by atoms with Gasteiger partial charge in [0.05, 0.1) is 6.04 Å². The molecule has 0 aromatic heterocycles. The molecule has 25 heavy (non-hydrogen) atoms. The number of hydrogen-bond acceptors (Lipinski definition) is 4. The summed E-state index contributed by atoms with van der Waals surface area (Å²) in [6, 6.07) is 7.11. The lowest BCUT2D eigenvalue weighted by Crippen LogP contribution is -2.73. The first-order chi connectivity index (χ1) is 11.9. The number of nitrogens with zero attached hydrogens (tertiary/aromatic N) is 2. The molecule has 1 N–H and O–H groups in total. The zero-order chi connectivity index (χ0) is 17.9. The van der Waals surface area contributed by atoms with Crippen LogP contribution < -0.4 is 10.2 Å². The number of carbonyl (C=O) groups is 3. The van der Waals surface area contributed by atoms with Gasteiger partial charge in [-0.2, -0.15) is 0 Å². The molecular weight excluding hydrogens is 318 g/mol. The highest BCUT2D eigenvalue weighted by Crippen LogP contribution is 2.49. The molecule has 0 aliphatic carbocycles. The predicted octanol–water partition coefficient (Wildman–Crippen LogP) is 1.79. The summed E-state index contributed by atoms with van der Waals surface area (Å²) in [6.45, 7) is 5.13. The zero-order valence-corrected chi connectivity index (χ0v) is 14.8. The van der Waals surface area contributed by atoms with Crippen LogP contribution in [0.25, 0.3) is 0 Å². The molecule has 6 heteroatoms. The third-order valence-electron chi connectivity index (χ3n) is 6.05. The van der Waals surface area contributed by atoms with Gasteiger partial charge in [-0.05, 0) is 36.3 Å². The van der Waals surface area contributed by atoms with E-state index < -0.39 is 17.4 Å². The van der Waals surface area contributed by atoms with E-state index >= 15 is 0 Å². The second kappa shape index (κ2) is 5.31. The van der Waals surface area contributed by atoms with Crippen LogP contribution >= 0.6 is 0 Å². The molecule has 1 spiro atoms. The molecule has 1 aromatic rings. The fourth-order valence-electron chi connectivity index (χ4n) is 5.14. The molecule has 0 saturated carbocycles. The SMILES string of the molecule is C[C@@H]1C[C@H](C)[C@@H]2N(C1)c1ccccc1C[C@@]21C(=O)NC(=O)N(C)C1=O. The maximum atomic E-state index is 13.2. The standard InChI is InChI=1S/C19H23N3O3/c1-11-8-12(2)15-19(16(23)20-18(25)21(3)17(19)24)9-13-6-4-5-7-14(13)22(15)10-11/h4-7,11-12,15H,8-10H2,1-3H3,(H,20,23,25)/t11-,12+,15+,19+/m1/s1. The Morgan fingerprint density at radius 1 is 1.16 bits per heavy atom. The van der Waals surface area contributed by atoms with Crippen LogP contribution in [-0.2, 0) is 16.0 Å².